The minimum atomic E-state index is 0.566. The summed E-state index contributed by atoms with van der Waals surface area (Å²) in [5.41, 5.74) is 1.39. The number of para-hydroxylation sites is 1. The lowest BCUT2D eigenvalue weighted by atomic mass is 9.99. The van der Waals surface area contributed by atoms with Gasteiger partial charge in [0.05, 0.1) is 6.61 Å². The largest absolute Gasteiger partial charge is 0.493 e. The van der Waals surface area contributed by atoms with Crippen molar-refractivity contribution in [2.45, 2.75) is 32.2 Å². The highest BCUT2D eigenvalue weighted by molar-refractivity contribution is 5.37. The van der Waals surface area contributed by atoms with Crippen LogP contribution in [0.15, 0.2) is 24.3 Å². The van der Waals surface area contributed by atoms with E-state index in [-0.39, 0.29) is 0 Å². The Kier molecular flexibility index (Phi) is 4.58. The normalized spacial score (nSPS) is 26.2. The van der Waals surface area contributed by atoms with E-state index in [1.165, 1.54) is 38.0 Å². The number of likely N-dealkylation sites (tertiary alicyclic amines) is 1. The Hall–Kier alpha value is -1.06. The van der Waals surface area contributed by atoms with E-state index in [1.54, 1.807) is 0 Å². The molecule has 1 aromatic carbocycles. The number of hydrogen-bond acceptors (Lipinski definition) is 3. The van der Waals surface area contributed by atoms with Gasteiger partial charge in [-0.15, -0.1) is 0 Å². The summed E-state index contributed by atoms with van der Waals surface area (Å²) in [4.78, 5) is 2.67. The number of nitrogens with zero attached hydrogens (tertiary/aromatic N) is 1. The van der Waals surface area contributed by atoms with E-state index in [9.17, 15) is 0 Å². The van der Waals surface area contributed by atoms with Crippen molar-refractivity contribution in [3.8, 4) is 5.75 Å². The second-order valence-corrected chi connectivity index (χ2v) is 6.04. The molecular formula is C17H26N2O. The summed E-state index contributed by atoms with van der Waals surface area (Å²) in [5.74, 6) is 1.91. The molecular weight excluding hydrogens is 248 g/mol. The second kappa shape index (κ2) is 6.59. The van der Waals surface area contributed by atoms with E-state index in [4.69, 9.17) is 4.74 Å². The molecule has 2 atom stereocenters. The maximum atomic E-state index is 5.78. The van der Waals surface area contributed by atoms with Crippen LogP contribution in [0.2, 0.25) is 0 Å². The summed E-state index contributed by atoms with van der Waals surface area (Å²) in [6.07, 6.45) is 3.69. The van der Waals surface area contributed by atoms with Crippen molar-refractivity contribution in [3.05, 3.63) is 29.8 Å². The van der Waals surface area contributed by atoms with Crippen LogP contribution in [0.25, 0.3) is 0 Å². The monoisotopic (exact) mass is 274 g/mol. The topological polar surface area (TPSA) is 24.5 Å². The van der Waals surface area contributed by atoms with Gasteiger partial charge in [-0.1, -0.05) is 25.1 Å². The lowest BCUT2D eigenvalue weighted by Gasteiger charge is -2.33. The van der Waals surface area contributed by atoms with Crippen molar-refractivity contribution in [1.82, 2.24) is 10.2 Å². The number of ether oxygens (including phenoxy) is 1. The zero-order valence-corrected chi connectivity index (χ0v) is 12.5. The molecule has 3 nitrogen and oxygen atoms in total. The molecule has 110 valence electrons. The Morgan fingerprint density at radius 1 is 1.30 bits per heavy atom. The van der Waals surface area contributed by atoms with E-state index in [0.29, 0.717) is 6.04 Å². The molecule has 2 heterocycles. The van der Waals surface area contributed by atoms with E-state index < -0.39 is 0 Å². The molecule has 0 bridgehead atoms. The maximum absolute atomic E-state index is 5.78. The molecule has 2 unspecified atom stereocenters. The molecule has 0 spiro atoms. The van der Waals surface area contributed by atoms with E-state index in [1.807, 2.05) is 0 Å². The van der Waals surface area contributed by atoms with E-state index >= 15 is 0 Å². The van der Waals surface area contributed by atoms with Crippen LogP contribution >= 0.6 is 0 Å². The second-order valence-electron chi connectivity index (χ2n) is 6.04. The molecule has 3 heteroatoms. The summed E-state index contributed by atoms with van der Waals surface area (Å²) in [7, 11) is 0. The third kappa shape index (κ3) is 2.99. The highest BCUT2D eigenvalue weighted by atomic mass is 16.5. The van der Waals surface area contributed by atoms with E-state index in [0.717, 1.165) is 31.2 Å². The fourth-order valence-corrected chi connectivity index (χ4v) is 3.50. The zero-order chi connectivity index (χ0) is 13.8. The molecule has 1 saturated heterocycles. The van der Waals surface area contributed by atoms with Crippen molar-refractivity contribution in [2.75, 3.05) is 32.8 Å². The Morgan fingerprint density at radius 2 is 2.20 bits per heavy atom. The lowest BCUT2D eigenvalue weighted by molar-refractivity contribution is 0.161. The summed E-state index contributed by atoms with van der Waals surface area (Å²) >= 11 is 0. The number of benzene rings is 1. The van der Waals surface area contributed by atoms with Crippen molar-refractivity contribution in [2.24, 2.45) is 5.92 Å². The van der Waals surface area contributed by atoms with Crippen LogP contribution in [0, 0.1) is 5.92 Å². The third-order valence-corrected chi connectivity index (χ3v) is 4.54. The molecule has 1 aromatic rings. The minimum Gasteiger partial charge on any atom is -0.493 e. The molecule has 1 N–H and O–H groups in total. The van der Waals surface area contributed by atoms with Gasteiger partial charge < -0.3 is 10.1 Å². The number of rotatable bonds is 5. The third-order valence-electron chi connectivity index (χ3n) is 4.54. The molecule has 0 amide bonds. The van der Waals surface area contributed by atoms with Crippen LogP contribution in [0.3, 0.4) is 0 Å². The highest BCUT2D eigenvalue weighted by Crippen LogP contribution is 2.38. The van der Waals surface area contributed by atoms with Crippen LogP contribution in [0.5, 0.6) is 5.75 Å². The Labute approximate surface area is 122 Å². The standard InChI is InChI=1S/C17H26N2O/c1-2-9-18-12-14-7-10-19(13-14)16-8-11-20-17-6-4-3-5-15(16)17/h3-6,14,16,18H,2,7-13H2,1H3. The summed E-state index contributed by atoms with van der Waals surface area (Å²) in [5, 5.41) is 3.57. The molecule has 0 aliphatic carbocycles. The molecule has 1 fully saturated rings. The Morgan fingerprint density at radius 3 is 3.10 bits per heavy atom. The Balaban J connectivity index is 1.61. The molecule has 2 aliphatic rings. The molecule has 20 heavy (non-hydrogen) atoms. The van der Waals surface area contributed by atoms with Crippen LogP contribution in [0.4, 0.5) is 0 Å². The van der Waals surface area contributed by atoms with Crippen molar-refractivity contribution < 1.29 is 4.74 Å². The quantitative estimate of drug-likeness (QED) is 0.836. The van der Waals surface area contributed by atoms with Crippen LogP contribution in [0.1, 0.15) is 37.8 Å². The predicted molar refractivity (Wildman–Crippen MR) is 82.1 cm³/mol. The zero-order valence-electron chi connectivity index (χ0n) is 12.5. The van der Waals surface area contributed by atoms with Gasteiger partial charge >= 0.3 is 0 Å². The summed E-state index contributed by atoms with van der Waals surface area (Å²) in [6, 6.07) is 9.12. The first-order valence-corrected chi connectivity index (χ1v) is 8.05. The van der Waals surface area contributed by atoms with Gasteiger partial charge in [-0.3, -0.25) is 4.90 Å². The number of nitrogens with one attached hydrogen (secondary N) is 1. The van der Waals surface area contributed by atoms with Crippen molar-refractivity contribution in [3.63, 3.8) is 0 Å². The number of hydrogen-bond donors (Lipinski definition) is 1. The summed E-state index contributed by atoms with van der Waals surface area (Å²) in [6.45, 7) is 7.88. The molecule has 0 aromatic heterocycles. The van der Waals surface area contributed by atoms with Crippen molar-refractivity contribution in [1.29, 1.82) is 0 Å². The smallest absolute Gasteiger partial charge is 0.124 e. The first-order chi connectivity index (χ1) is 9.88. The van der Waals surface area contributed by atoms with Gasteiger partial charge in [0.15, 0.2) is 0 Å². The first-order valence-electron chi connectivity index (χ1n) is 8.05. The molecule has 0 saturated carbocycles. The average Bonchev–Trinajstić information content (AvgIpc) is 2.96. The van der Waals surface area contributed by atoms with Gasteiger partial charge in [0, 0.05) is 24.6 Å². The van der Waals surface area contributed by atoms with Crippen molar-refractivity contribution >= 4 is 0 Å². The van der Waals surface area contributed by atoms with Gasteiger partial charge in [-0.25, -0.2) is 0 Å². The first kappa shape index (κ1) is 13.9. The highest BCUT2D eigenvalue weighted by Gasteiger charge is 2.32. The number of fused-ring (bicyclic) bond motifs is 1. The fraction of sp³-hybridized carbons (Fsp3) is 0.647. The Bertz CT molecular complexity index is 435. The molecule has 0 radical (unpaired) electrons. The molecule has 2 aliphatic heterocycles. The fourth-order valence-electron chi connectivity index (χ4n) is 3.50. The van der Waals surface area contributed by atoms with E-state index in [2.05, 4.69) is 41.4 Å². The predicted octanol–water partition coefficient (Wildman–Crippen LogP) is 2.83. The average molecular weight is 274 g/mol. The van der Waals surface area contributed by atoms with Crippen LogP contribution < -0.4 is 10.1 Å². The van der Waals surface area contributed by atoms with Gasteiger partial charge in [-0.2, -0.15) is 0 Å². The summed E-state index contributed by atoms with van der Waals surface area (Å²) < 4.78 is 5.78. The molecule has 3 rings (SSSR count). The van der Waals surface area contributed by atoms with Gasteiger partial charge in [0.2, 0.25) is 0 Å². The van der Waals surface area contributed by atoms with Gasteiger partial charge in [0.1, 0.15) is 5.75 Å². The van der Waals surface area contributed by atoms with Crippen LogP contribution in [-0.2, 0) is 0 Å². The SMILES string of the molecule is CCCNCC1CCN(C2CCOc3ccccc32)C1. The maximum Gasteiger partial charge on any atom is 0.124 e. The van der Waals surface area contributed by atoms with Crippen LogP contribution in [-0.4, -0.2) is 37.7 Å². The minimum absolute atomic E-state index is 0.566. The van der Waals surface area contributed by atoms with Gasteiger partial charge in [-0.05, 0) is 44.5 Å². The lowest BCUT2D eigenvalue weighted by Crippen LogP contribution is -2.32. The van der Waals surface area contributed by atoms with Gasteiger partial charge in [0.25, 0.3) is 0 Å².